The fourth-order valence-corrected chi connectivity index (χ4v) is 3.76. The second-order valence-electron chi connectivity index (χ2n) is 9.01. The third-order valence-electron chi connectivity index (χ3n) is 5.27. The summed E-state index contributed by atoms with van der Waals surface area (Å²) < 4.78 is 47.7. The van der Waals surface area contributed by atoms with Crippen LogP contribution in [0.4, 0.5) is 18.0 Å². The number of aromatic nitrogens is 3. The van der Waals surface area contributed by atoms with E-state index in [1.54, 1.807) is 39.0 Å². The van der Waals surface area contributed by atoms with Crippen LogP contribution >= 0.6 is 0 Å². The summed E-state index contributed by atoms with van der Waals surface area (Å²) in [5, 5.41) is 8.51. The largest absolute Gasteiger partial charge is 0.573 e. The number of alkyl halides is 3. The quantitative estimate of drug-likeness (QED) is 0.552. The Hall–Kier alpha value is -3.63. The zero-order valence-corrected chi connectivity index (χ0v) is 18.8. The van der Waals surface area contributed by atoms with Crippen molar-refractivity contribution in [2.45, 2.75) is 45.2 Å². The lowest BCUT2D eigenvalue weighted by Crippen LogP contribution is -2.36. The van der Waals surface area contributed by atoms with Gasteiger partial charge >= 0.3 is 12.5 Å². The van der Waals surface area contributed by atoms with E-state index in [9.17, 15) is 22.8 Å². The van der Waals surface area contributed by atoms with E-state index in [1.165, 1.54) is 33.8 Å². The monoisotopic (exact) mass is 476 g/mol. The Labute approximate surface area is 192 Å². The van der Waals surface area contributed by atoms with E-state index < -0.39 is 18.1 Å². The van der Waals surface area contributed by atoms with Crippen LogP contribution in [0.3, 0.4) is 0 Å². The molecule has 0 radical (unpaired) electrons. The third kappa shape index (κ3) is 5.29. The molecule has 1 fully saturated rings. The molecule has 1 atom stereocenters. The number of hydrogen-bond donors (Lipinski definition) is 0. The summed E-state index contributed by atoms with van der Waals surface area (Å²) in [4.78, 5) is 27.1. The van der Waals surface area contributed by atoms with E-state index in [0.717, 1.165) is 0 Å². The summed E-state index contributed by atoms with van der Waals surface area (Å²) in [7, 11) is 0. The minimum Gasteiger partial charge on any atom is -0.444 e. The molecule has 0 saturated carbocycles. The molecule has 8 nitrogen and oxygen atoms in total. The highest BCUT2D eigenvalue weighted by atomic mass is 19.4. The molecule has 0 unspecified atom stereocenters. The van der Waals surface area contributed by atoms with Crippen LogP contribution in [-0.2, 0) is 4.74 Å². The Morgan fingerprint density at radius 3 is 2.38 bits per heavy atom. The number of fused-ring (bicyclic) bond motifs is 1. The maximum atomic E-state index is 13.2. The minimum atomic E-state index is -4.77. The fraction of sp³-hybridized carbons (Fsp3) is 0.391. The first-order chi connectivity index (χ1) is 15.9. The lowest BCUT2D eigenvalue weighted by atomic mass is 10.0. The zero-order chi connectivity index (χ0) is 24.7. The van der Waals surface area contributed by atoms with E-state index in [0.29, 0.717) is 35.0 Å². The van der Waals surface area contributed by atoms with Gasteiger partial charge < -0.3 is 14.4 Å². The Bertz CT molecular complexity index is 1270. The maximum absolute atomic E-state index is 13.2. The standard InChI is InChI=1S/C23H23F3N4O4/c1-22(2,3)34-21(32)29-11-10-16(13-29)30-20(31)18-12-15(6-9-19(18)27-28-30)14-4-7-17(8-5-14)33-23(24,25)26/h4-9,12,16H,10-11,13H2,1-3H3/t16-/m1/s1. The van der Waals surface area contributed by atoms with Crippen molar-refractivity contribution >= 4 is 17.0 Å². The maximum Gasteiger partial charge on any atom is 0.573 e. The van der Waals surface area contributed by atoms with Gasteiger partial charge in [0, 0.05) is 13.1 Å². The molecule has 1 amide bonds. The lowest BCUT2D eigenvalue weighted by molar-refractivity contribution is -0.274. The van der Waals surface area contributed by atoms with Crippen molar-refractivity contribution in [2.75, 3.05) is 13.1 Å². The smallest absolute Gasteiger partial charge is 0.444 e. The van der Waals surface area contributed by atoms with Crippen LogP contribution < -0.4 is 10.3 Å². The first kappa shape index (κ1) is 23.5. The van der Waals surface area contributed by atoms with Gasteiger partial charge in [-0.2, -0.15) is 0 Å². The minimum absolute atomic E-state index is 0.273. The molecule has 2 aromatic carbocycles. The Morgan fingerprint density at radius 1 is 1.06 bits per heavy atom. The van der Waals surface area contributed by atoms with Gasteiger partial charge in [-0.25, -0.2) is 9.48 Å². The van der Waals surface area contributed by atoms with Gasteiger partial charge in [0.25, 0.3) is 5.56 Å². The second-order valence-corrected chi connectivity index (χ2v) is 9.01. The lowest BCUT2D eigenvalue weighted by Gasteiger charge is -2.24. The van der Waals surface area contributed by atoms with E-state index in [4.69, 9.17) is 4.74 Å². The average molecular weight is 476 g/mol. The molecule has 1 aliphatic heterocycles. The molecule has 0 aliphatic carbocycles. The molecule has 0 N–H and O–H groups in total. The van der Waals surface area contributed by atoms with Crippen molar-refractivity contribution in [3.05, 3.63) is 52.8 Å². The van der Waals surface area contributed by atoms with Crippen molar-refractivity contribution in [1.29, 1.82) is 0 Å². The van der Waals surface area contributed by atoms with Gasteiger partial charge in [-0.05, 0) is 62.6 Å². The Kier molecular flexibility index (Phi) is 5.96. The number of nitrogens with zero attached hydrogens (tertiary/aromatic N) is 4. The Balaban J connectivity index is 1.58. The summed E-state index contributed by atoms with van der Waals surface area (Å²) >= 11 is 0. The second kappa shape index (κ2) is 8.62. The van der Waals surface area contributed by atoms with Crippen molar-refractivity contribution in [3.63, 3.8) is 0 Å². The Morgan fingerprint density at radius 2 is 1.74 bits per heavy atom. The van der Waals surface area contributed by atoms with Crippen LogP contribution in [0.5, 0.6) is 5.75 Å². The molecule has 4 rings (SSSR count). The van der Waals surface area contributed by atoms with Gasteiger partial charge in [0.15, 0.2) is 0 Å². The van der Waals surface area contributed by atoms with Crippen LogP contribution in [0.1, 0.15) is 33.2 Å². The average Bonchev–Trinajstić information content (AvgIpc) is 3.22. The number of benzene rings is 2. The van der Waals surface area contributed by atoms with E-state index in [-0.39, 0.29) is 23.9 Å². The van der Waals surface area contributed by atoms with Crippen molar-refractivity contribution in [1.82, 2.24) is 19.9 Å². The molecule has 1 aromatic heterocycles. The number of carbonyl (C=O) groups excluding carboxylic acids is 1. The van der Waals surface area contributed by atoms with Crippen LogP contribution in [0.2, 0.25) is 0 Å². The normalized spacial score (nSPS) is 16.6. The summed E-state index contributed by atoms with van der Waals surface area (Å²) in [5.74, 6) is -0.332. The molecule has 0 bridgehead atoms. The molecule has 180 valence electrons. The molecule has 0 spiro atoms. The van der Waals surface area contributed by atoms with E-state index in [2.05, 4.69) is 15.0 Å². The zero-order valence-electron chi connectivity index (χ0n) is 18.8. The first-order valence-electron chi connectivity index (χ1n) is 10.6. The number of amides is 1. The van der Waals surface area contributed by atoms with Gasteiger partial charge in [0.2, 0.25) is 0 Å². The van der Waals surface area contributed by atoms with Gasteiger partial charge in [0.1, 0.15) is 16.9 Å². The molecule has 34 heavy (non-hydrogen) atoms. The SMILES string of the molecule is CC(C)(C)OC(=O)N1CC[C@@H](n2nnc3ccc(-c4ccc(OC(F)(F)F)cc4)cc3c2=O)C1. The van der Waals surface area contributed by atoms with Gasteiger partial charge in [0.05, 0.1) is 11.4 Å². The molecule has 1 saturated heterocycles. The summed E-state index contributed by atoms with van der Waals surface area (Å²) in [6.07, 6.45) is -4.69. The first-order valence-corrected chi connectivity index (χ1v) is 10.6. The van der Waals surface area contributed by atoms with Crippen molar-refractivity contribution < 1.29 is 27.4 Å². The molecule has 11 heteroatoms. The topological polar surface area (TPSA) is 86.6 Å². The number of likely N-dealkylation sites (tertiary alicyclic amines) is 1. The van der Waals surface area contributed by atoms with Gasteiger partial charge in [-0.1, -0.05) is 23.4 Å². The molecular formula is C23H23F3N4O4. The van der Waals surface area contributed by atoms with E-state index in [1.807, 2.05) is 0 Å². The predicted molar refractivity (Wildman–Crippen MR) is 117 cm³/mol. The highest BCUT2D eigenvalue weighted by Crippen LogP contribution is 2.28. The van der Waals surface area contributed by atoms with Gasteiger partial charge in [-0.3, -0.25) is 4.79 Å². The molecule has 1 aliphatic rings. The van der Waals surface area contributed by atoms with Crippen LogP contribution in [-0.4, -0.2) is 51.0 Å². The molecule has 3 aromatic rings. The van der Waals surface area contributed by atoms with Crippen molar-refractivity contribution in [2.24, 2.45) is 0 Å². The number of halogens is 3. The summed E-state index contributed by atoms with van der Waals surface area (Å²) in [6, 6.07) is 9.99. The number of hydrogen-bond acceptors (Lipinski definition) is 6. The van der Waals surface area contributed by atoms with Crippen molar-refractivity contribution in [3.8, 4) is 16.9 Å². The molecular weight excluding hydrogens is 453 g/mol. The highest BCUT2D eigenvalue weighted by Gasteiger charge is 2.32. The highest BCUT2D eigenvalue weighted by molar-refractivity contribution is 5.83. The van der Waals surface area contributed by atoms with Gasteiger partial charge in [-0.15, -0.1) is 18.3 Å². The van der Waals surface area contributed by atoms with Crippen LogP contribution in [0.15, 0.2) is 47.3 Å². The fourth-order valence-electron chi connectivity index (χ4n) is 3.76. The summed E-state index contributed by atoms with van der Waals surface area (Å²) in [5.41, 5.74) is 0.645. The van der Waals surface area contributed by atoms with Crippen LogP contribution in [0, 0.1) is 0 Å². The predicted octanol–water partition coefficient (Wildman–Crippen LogP) is 4.54. The number of rotatable bonds is 3. The number of ether oxygens (including phenoxy) is 2. The summed E-state index contributed by atoms with van der Waals surface area (Å²) in [6.45, 7) is 6.05. The molecule has 2 heterocycles. The van der Waals surface area contributed by atoms with E-state index >= 15 is 0 Å². The number of carbonyl (C=O) groups is 1. The van der Waals surface area contributed by atoms with Crippen LogP contribution in [0.25, 0.3) is 22.0 Å². The third-order valence-corrected chi connectivity index (χ3v) is 5.27.